The molecule has 0 aromatic carbocycles. The van der Waals surface area contributed by atoms with Crippen molar-refractivity contribution < 1.29 is 9.53 Å². The second-order valence-corrected chi connectivity index (χ2v) is 5.24. The Morgan fingerprint density at radius 2 is 2.00 bits per heavy atom. The summed E-state index contributed by atoms with van der Waals surface area (Å²) in [6.07, 6.45) is 2.56. The van der Waals surface area contributed by atoms with E-state index in [0.29, 0.717) is 5.69 Å². The molecule has 0 spiro atoms. The van der Waals surface area contributed by atoms with Crippen molar-refractivity contribution in [3.8, 4) is 0 Å². The Labute approximate surface area is 113 Å². The van der Waals surface area contributed by atoms with Crippen molar-refractivity contribution in [2.75, 3.05) is 26.7 Å². The number of ether oxygens (including phenoxy) is 1. The highest BCUT2D eigenvalue weighted by molar-refractivity contribution is 5.88. The first-order valence-corrected chi connectivity index (χ1v) is 6.87. The maximum atomic E-state index is 11.7. The van der Waals surface area contributed by atoms with Gasteiger partial charge in [0.15, 0.2) is 5.69 Å². The van der Waals surface area contributed by atoms with Crippen LogP contribution in [0.25, 0.3) is 0 Å². The Hall–Kier alpha value is -1.43. The number of carbonyl (C=O) groups is 1. The van der Waals surface area contributed by atoms with Gasteiger partial charge in [0.1, 0.15) is 0 Å². The third-order valence-electron chi connectivity index (χ3n) is 3.53. The van der Waals surface area contributed by atoms with Gasteiger partial charge in [-0.1, -0.05) is 19.1 Å². The van der Waals surface area contributed by atoms with Gasteiger partial charge in [-0.05, 0) is 31.8 Å². The zero-order chi connectivity index (χ0) is 13.8. The van der Waals surface area contributed by atoms with Crippen molar-refractivity contribution in [2.45, 2.75) is 39.2 Å². The number of aromatic nitrogens is 3. The summed E-state index contributed by atoms with van der Waals surface area (Å²) in [4.78, 5) is 14.1. The minimum absolute atomic E-state index is 0.197. The van der Waals surface area contributed by atoms with Crippen molar-refractivity contribution in [3.05, 3.63) is 11.4 Å². The third kappa shape index (κ3) is 3.12. The number of methoxy groups -OCH3 is 1. The van der Waals surface area contributed by atoms with E-state index < -0.39 is 5.97 Å². The predicted molar refractivity (Wildman–Crippen MR) is 71.1 cm³/mol. The SMILES string of the molecule is COC(=O)c1nnn(CCN2CCCC2)c1C(C)C. The van der Waals surface area contributed by atoms with Gasteiger partial charge in [0, 0.05) is 6.54 Å². The first kappa shape index (κ1) is 14.0. The smallest absolute Gasteiger partial charge is 0.360 e. The molecule has 1 aliphatic heterocycles. The van der Waals surface area contributed by atoms with Crippen LogP contribution in [-0.2, 0) is 11.3 Å². The summed E-state index contributed by atoms with van der Waals surface area (Å²) in [7, 11) is 1.37. The highest BCUT2D eigenvalue weighted by atomic mass is 16.5. The van der Waals surface area contributed by atoms with E-state index in [-0.39, 0.29) is 5.92 Å². The predicted octanol–water partition coefficient (Wildman–Crippen LogP) is 1.28. The van der Waals surface area contributed by atoms with Crippen LogP contribution < -0.4 is 0 Å². The Bertz CT molecular complexity index is 436. The van der Waals surface area contributed by atoms with Gasteiger partial charge in [-0.2, -0.15) is 0 Å². The zero-order valence-corrected chi connectivity index (χ0v) is 11.9. The normalized spacial score (nSPS) is 16.2. The second-order valence-electron chi connectivity index (χ2n) is 5.24. The maximum Gasteiger partial charge on any atom is 0.360 e. The molecule has 1 aliphatic rings. The Morgan fingerprint density at radius 1 is 1.32 bits per heavy atom. The van der Waals surface area contributed by atoms with Crippen molar-refractivity contribution in [3.63, 3.8) is 0 Å². The summed E-state index contributed by atoms with van der Waals surface area (Å²) in [5.74, 6) is -0.209. The van der Waals surface area contributed by atoms with Crippen molar-refractivity contribution in [1.29, 1.82) is 0 Å². The van der Waals surface area contributed by atoms with Gasteiger partial charge >= 0.3 is 5.97 Å². The average molecular weight is 266 g/mol. The molecule has 0 bridgehead atoms. The van der Waals surface area contributed by atoms with Crippen LogP contribution in [0.4, 0.5) is 0 Å². The first-order chi connectivity index (χ1) is 9.13. The fraction of sp³-hybridized carbons (Fsp3) is 0.769. The number of hydrogen-bond acceptors (Lipinski definition) is 5. The topological polar surface area (TPSA) is 60.2 Å². The molecule has 0 saturated carbocycles. The Morgan fingerprint density at radius 3 is 2.58 bits per heavy atom. The van der Waals surface area contributed by atoms with Gasteiger partial charge in [0.25, 0.3) is 0 Å². The summed E-state index contributed by atoms with van der Waals surface area (Å²) in [5, 5.41) is 8.08. The molecule has 0 amide bonds. The minimum Gasteiger partial charge on any atom is -0.464 e. The minimum atomic E-state index is -0.406. The molecular weight excluding hydrogens is 244 g/mol. The van der Waals surface area contributed by atoms with E-state index in [1.54, 1.807) is 0 Å². The maximum absolute atomic E-state index is 11.7. The summed E-state index contributed by atoms with van der Waals surface area (Å²) in [6, 6.07) is 0. The standard InChI is InChI=1S/C13H22N4O2/c1-10(2)12-11(13(18)19-3)14-15-17(12)9-8-16-6-4-5-7-16/h10H,4-9H2,1-3H3. The van der Waals surface area contributed by atoms with Gasteiger partial charge in [0.2, 0.25) is 0 Å². The lowest BCUT2D eigenvalue weighted by Gasteiger charge is -2.16. The number of hydrogen-bond donors (Lipinski definition) is 0. The van der Waals surface area contributed by atoms with E-state index in [1.165, 1.54) is 20.0 Å². The summed E-state index contributed by atoms with van der Waals surface area (Å²) in [5.41, 5.74) is 1.21. The van der Waals surface area contributed by atoms with Gasteiger partial charge in [-0.15, -0.1) is 5.10 Å². The first-order valence-electron chi connectivity index (χ1n) is 6.87. The molecule has 106 valence electrons. The monoisotopic (exact) mass is 266 g/mol. The lowest BCUT2D eigenvalue weighted by atomic mass is 10.1. The van der Waals surface area contributed by atoms with E-state index in [2.05, 4.69) is 15.2 Å². The van der Waals surface area contributed by atoms with Gasteiger partial charge in [0.05, 0.1) is 19.3 Å². The van der Waals surface area contributed by atoms with Gasteiger partial charge < -0.3 is 9.64 Å². The van der Waals surface area contributed by atoms with Crippen molar-refractivity contribution >= 4 is 5.97 Å². The lowest BCUT2D eigenvalue weighted by Crippen LogP contribution is -2.25. The van der Waals surface area contributed by atoms with E-state index in [1.807, 2.05) is 18.5 Å². The lowest BCUT2D eigenvalue weighted by molar-refractivity contribution is 0.0592. The van der Waals surface area contributed by atoms with E-state index in [0.717, 1.165) is 31.9 Å². The fourth-order valence-corrected chi connectivity index (χ4v) is 2.54. The van der Waals surface area contributed by atoms with Crippen molar-refractivity contribution in [2.24, 2.45) is 0 Å². The number of nitrogens with zero attached hydrogens (tertiary/aromatic N) is 4. The van der Waals surface area contributed by atoms with E-state index >= 15 is 0 Å². The molecular formula is C13H22N4O2. The number of carbonyl (C=O) groups excluding carboxylic acids is 1. The van der Waals surface area contributed by atoms with Crippen LogP contribution in [0.1, 0.15) is 48.8 Å². The molecule has 1 aromatic heterocycles. The Kier molecular flexibility index (Phi) is 4.52. The van der Waals surface area contributed by atoms with Crippen LogP contribution in [0.3, 0.4) is 0 Å². The summed E-state index contributed by atoms with van der Waals surface area (Å²) in [6.45, 7) is 8.14. The largest absolute Gasteiger partial charge is 0.464 e. The van der Waals surface area contributed by atoms with Crippen molar-refractivity contribution in [1.82, 2.24) is 19.9 Å². The van der Waals surface area contributed by atoms with Crippen LogP contribution in [0, 0.1) is 0 Å². The quantitative estimate of drug-likeness (QED) is 0.751. The molecule has 0 unspecified atom stereocenters. The van der Waals surface area contributed by atoms with Crippen LogP contribution >= 0.6 is 0 Å². The Balaban J connectivity index is 2.10. The molecule has 1 aromatic rings. The second kappa shape index (κ2) is 6.14. The van der Waals surface area contributed by atoms with Gasteiger partial charge in [-0.25, -0.2) is 9.48 Å². The highest BCUT2D eigenvalue weighted by Gasteiger charge is 2.23. The number of rotatable bonds is 5. The van der Waals surface area contributed by atoms with Gasteiger partial charge in [-0.3, -0.25) is 0 Å². The molecule has 0 N–H and O–H groups in total. The average Bonchev–Trinajstić information content (AvgIpc) is 3.04. The molecule has 6 nitrogen and oxygen atoms in total. The molecule has 6 heteroatoms. The molecule has 19 heavy (non-hydrogen) atoms. The van der Waals surface area contributed by atoms with Crippen LogP contribution in [0.2, 0.25) is 0 Å². The fourth-order valence-electron chi connectivity index (χ4n) is 2.54. The molecule has 2 heterocycles. The highest BCUT2D eigenvalue weighted by Crippen LogP contribution is 2.18. The summed E-state index contributed by atoms with van der Waals surface area (Å²) >= 11 is 0. The zero-order valence-electron chi connectivity index (χ0n) is 11.9. The molecule has 1 saturated heterocycles. The molecule has 1 fully saturated rings. The van der Waals surface area contributed by atoms with E-state index in [4.69, 9.17) is 4.74 Å². The molecule has 2 rings (SSSR count). The molecule has 0 atom stereocenters. The summed E-state index contributed by atoms with van der Waals surface area (Å²) < 4.78 is 6.60. The molecule has 0 radical (unpaired) electrons. The van der Waals surface area contributed by atoms with Crippen LogP contribution in [0.5, 0.6) is 0 Å². The third-order valence-corrected chi connectivity index (χ3v) is 3.53. The molecule has 0 aliphatic carbocycles. The van der Waals surface area contributed by atoms with E-state index in [9.17, 15) is 4.79 Å². The van der Waals surface area contributed by atoms with Crippen LogP contribution in [0.15, 0.2) is 0 Å². The van der Waals surface area contributed by atoms with Crippen LogP contribution in [-0.4, -0.2) is 52.6 Å². The number of esters is 1. The number of likely N-dealkylation sites (tertiary alicyclic amines) is 1.